The maximum absolute atomic E-state index is 5.98. The number of aryl methyl sites for hydroxylation is 2. The van der Waals surface area contributed by atoms with Crippen molar-refractivity contribution < 1.29 is 4.74 Å². The van der Waals surface area contributed by atoms with E-state index in [0.717, 1.165) is 30.1 Å². The molecule has 0 aliphatic carbocycles. The van der Waals surface area contributed by atoms with Crippen LogP contribution in [0.25, 0.3) is 5.69 Å². The Balaban J connectivity index is 1.59. The van der Waals surface area contributed by atoms with Crippen LogP contribution in [-0.2, 0) is 0 Å². The minimum absolute atomic E-state index is 0.433. The quantitative estimate of drug-likeness (QED) is 0.528. The molecule has 0 spiro atoms. The first-order valence-corrected chi connectivity index (χ1v) is 8.19. The summed E-state index contributed by atoms with van der Waals surface area (Å²) >= 11 is 5.93. The highest BCUT2D eigenvalue weighted by atomic mass is 35.5. The number of ether oxygens (including phenoxy) is 1. The van der Waals surface area contributed by atoms with E-state index in [1.165, 1.54) is 11.3 Å². The van der Waals surface area contributed by atoms with E-state index in [0.29, 0.717) is 11.0 Å². The second kappa shape index (κ2) is 5.83. The summed E-state index contributed by atoms with van der Waals surface area (Å²) in [7, 11) is 0. The number of halogens is 1. The number of hydrogen-bond donors (Lipinski definition) is 0. The Hall–Kier alpha value is -2.53. The lowest BCUT2D eigenvalue weighted by molar-refractivity contribution is 0.454. The van der Waals surface area contributed by atoms with Crippen molar-refractivity contribution in [1.82, 2.24) is 14.8 Å². The minimum atomic E-state index is 0.433. The maximum Gasteiger partial charge on any atom is 0.238 e. The number of aromatic nitrogens is 3. The number of pyridine rings is 1. The van der Waals surface area contributed by atoms with Gasteiger partial charge in [0.25, 0.3) is 0 Å². The molecule has 0 N–H and O–H groups in total. The van der Waals surface area contributed by atoms with Gasteiger partial charge in [-0.3, -0.25) is 0 Å². The molecule has 3 heterocycles. The van der Waals surface area contributed by atoms with Crippen LogP contribution in [-0.4, -0.2) is 27.9 Å². The van der Waals surface area contributed by atoms with Crippen LogP contribution in [0.15, 0.2) is 42.7 Å². The van der Waals surface area contributed by atoms with E-state index in [1.807, 2.05) is 18.3 Å². The Kier molecular flexibility index (Phi) is 3.65. The first-order valence-electron chi connectivity index (χ1n) is 7.82. The van der Waals surface area contributed by atoms with Crippen LogP contribution >= 0.6 is 11.6 Å². The second-order valence-electron chi connectivity index (χ2n) is 5.93. The number of benzene rings is 1. The number of anilines is 1. The summed E-state index contributed by atoms with van der Waals surface area (Å²) in [5, 5.41) is 4.89. The molecule has 1 saturated heterocycles. The van der Waals surface area contributed by atoms with E-state index in [9.17, 15) is 0 Å². The van der Waals surface area contributed by atoms with Crippen LogP contribution in [0.3, 0.4) is 0 Å². The maximum atomic E-state index is 5.98. The molecular weight excluding hydrogens is 324 g/mol. The molecule has 1 aliphatic heterocycles. The lowest BCUT2D eigenvalue weighted by atomic mass is 10.1. The summed E-state index contributed by atoms with van der Waals surface area (Å²) in [6.45, 7) is 6.44. The fraction of sp³-hybridized carbons (Fsp3) is 0.222. The zero-order chi connectivity index (χ0) is 16.7. The summed E-state index contributed by atoms with van der Waals surface area (Å²) in [4.78, 5) is 6.32. The SMILES string of the molecule is Cc1cc(N2CC2)c(C)cc1Oc1ccn(-c2ccnc(Cl)c2)n1. The third-order valence-corrected chi connectivity index (χ3v) is 4.24. The van der Waals surface area contributed by atoms with E-state index < -0.39 is 0 Å². The second-order valence-corrected chi connectivity index (χ2v) is 6.32. The Labute approximate surface area is 145 Å². The van der Waals surface area contributed by atoms with Gasteiger partial charge in [-0.15, -0.1) is 5.10 Å². The molecule has 6 heteroatoms. The molecule has 0 unspecified atom stereocenters. The highest BCUT2D eigenvalue weighted by Gasteiger charge is 2.21. The predicted octanol–water partition coefficient (Wildman–Crippen LogP) is 4.15. The molecule has 0 saturated carbocycles. The predicted molar refractivity (Wildman–Crippen MR) is 94.6 cm³/mol. The van der Waals surface area contributed by atoms with Gasteiger partial charge in [-0.1, -0.05) is 11.6 Å². The van der Waals surface area contributed by atoms with Crippen molar-refractivity contribution in [2.75, 3.05) is 18.0 Å². The van der Waals surface area contributed by atoms with Gasteiger partial charge in [0, 0.05) is 43.3 Å². The van der Waals surface area contributed by atoms with Gasteiger partial charge < -0.3 is 9.64 Å². The summed E-state index contributed by atoms with van der Waals surface area (Å²) in [6, 6.07) is 9.69. The smallest absolute Gasteiger partial charge is 0.238 e. The first kappa shape index (κ1) is 15.0. The minimum Gasteiger partial charge on any atom is -0.437 e. The average Bonchev–Trinajstić information content (AvgIpc) is 3.29. The average molecular weight is 341 g/mol. The van der Waals surface area contributed by atoms with Gasteiger partial charge in [-0.05, 0) is 43.2 Å². The van der Waals surface area contributed by atoms with Crippen molar-refractivity contribution in [2.45, 2.75) is 13.8 Å². The molecule has 3 aromatic rings. The number of hydrogen-bond acceptors (Lipinski definition) is 4. The molecule has 24 heavy (non-hydrogen) atoms. The van der Waals surface area contributed by atoms with Crippen LogP contribution in [0, 0.1) is 13.8 Å². The van der Waals surface area contributed by atoms with Crippen molar-refractivity contribution in [3.63, 3.8) is 0 Å². The fourth-order valence-corrected chi connectivity index (χ4v) is 2.84. The number of rotatable bonds is 4. The third kappa shape index (κ3) is 2.95. The Morgan fingerprint density at radius 3 is 2.67 bits per heavy atom. The lowest BCUT2D eigenvalue weighted by Gasteiger charge is -2.12. The van der Waals surface area contributed by atoms with Crippen LogP contribution in [0.1, 0.15) is 11.1 Å². The van der Waals surface area contributed by atoms with Gasteiger partial charge in [0.2, 0.25) is 5.88 Å². The number of nitrogens with zero attached hydrogens (tertiary/aromatic N) is 4. The van der Waals surface area contributed by atoms with Crippen LogP contribution < -0.4 is 9.64 Å². The van der Waals surface area contributed by atoms with E-state index in [1.54, 1.807) is 16.9 Å². The molecule has 1 fully saturated rings. The van der Waals surface area contributed by atoms with Gasteiger partial charge in [0.05, 0.1) is 5.69 Å². The Morgan fingerprint density at radius 1 is 1.08 bits per heavy atom. The van der Waals surface area contributed by atoms with Crippen molar-refractivity contribution in [1.29, 1.82) is 0 Å². The van der Waals surface area contributed by atoms with Crippen LogP contribution in [0.4, 0.5) is 5.69 Å². The summed E-state index contributed by atoms with van der Waals surface area (Å²) in [5.41, 5.74) is 4.45. The van der Waals surface area contributed by atoms with Crippen molar-refractivity contribution >= 4 is 17.3 Å². The van der Waals surface area contributed by atoms with E-state index in [4.69, 9.17) is 16.3 Å². The van der Waals surface area contributed by atoms with E-state index in [-0.39, 0.29) is 0 Å². The zero-order valence-corrected chi connectivity index (χ0v) is 14.3. The topological polar surface area (TPSA) is 43.0 Å². The Bertz CT molecular complexity index is 902. The molecule has 1 aliphatic rings. The molecular formula is C18H17ClN4O. The van der Waals surface area contributed by atoms with E-state index >= 15 is 0 Å². The largest absolute Gasteiger partial charge is 0.437 e. The van der Waals surface area contributed by atoms with E-state index in [2.05, 4.69) is 41.0 Å². The highest BCUT2D eigenvalue weighted by Crippen LogP contribution is 2.33. The van der Waals surface area contributed by atoms with Gasteiger partial charge >= 0.3 is 0 Å². The van der Waals surface area contributed by atoms with Gasteiger partial charge in [0.1, 0.15) is 10.9 Å². The molecule has 122 valence electrons. The van der Waals surface area contributed by atoms with Gasteiger partial charge in [-0.2, -0.15) is 0 Å². The first-order chi connectivity index (χ1) is 11.6. The molecule has 0 amide bonds. The molecule has 2 aromatic heterocycles. The molecule has 4 rings (SSSR count). The molecule has 0 atom stereocenters. The van der Waals surface area contributed by atoms with Crippen molar-refractivity contribution in [3.8, 4) is 17.3 Å². The molecule has 1 aromatic carbocycles. The third-order valence-electron chi connectivity index (χ3n) is 4.04. The normalized spacial score (nSPS) is 13.2. The standard InChI is InChI=1S/C18H17ClN4O/c1-12-10-16(13(2)9-15(12)22-7-8-22)24-18-4-6-23(21-18)14-3-5-20-17(19)11-14/h3-6,9-11H,7-8H2,1-2H3. The zero-order valence-electron chi connectivity index (χ0n) is 13.5. The van der Waals surface area contributed by atoms with Crippen molar-refractivity contribution in [3.05, 3.63) is 59.0 Å². The summed E-state index contributed by atoms with van der Waals surface area (Å²) < 4.78 is 7.70. The van der Waals surface area contributed by atoms with Crippen LogP contribution in [0.5, 0.6) is 11.6 Å². The fourth-order valence-electron chi connectivity index (χ4n) is 2.67. The van der Waals surface area contributed by atoms with Crippen molar-refractivity contribution in [2.24, 2.45) is 0 Å². The summed E-state index contributed by atoms with van der Waals surface area (Å²) in [5.74, 6) is 1.38. The lowest BCUT2D eigenvalue weighted by Crippen LogP contribution is -1.98. The monoisotopic (exact) mass is 340 g/mol. The van der Waals surface area contributed by atoms with Gasteiger partial charge in [0.15, 0.2) is 0 Å². The molecule has 5 nitrogen and oxygen atoms in total. The summed E-state index contributed by atoms with van der Waals surface area (Å²) in [6.07, 6.45) is 3.49. The molecule has 0 radical (unpaired) electrons. The van der Waals surface area contributed by atoms with Crippen LogP contribution in [0.2, 0.25) is 5.15 Å². The Morgan fingerprint density at radius 2 is 1.92 bits per heavy atom. The van der Waals surface area contributed by atoms with Gasteiger partial charge in [-0.25, -0.2) is 9.67 Å². The molecule has 0 bridgehead atoms. The highest BCUT2D eigenvalue weighted by molar-refractivity contribution is 6.29.